The average molecular weight is 1090 g/mol. The Hall–Kier alpha value is -6.73. The van der Waals surface area contributed by atoms with Gasteiger partial charge in [-0.3, -0.25) is 9.98 Å². The number of alkyl halides is 6. The summed E-state index contributed by atoms with van der Waals surface area (Å²) < 4.78 is 95.7. The molecule has 0 fully saturated rings. The van der Waals surface area contributed by atoms with Crippen molar-refractivity contribution in [3.8, 4) is 0 Å². The minimum absolute atomic E-state index is 0. The minimum atomic E-state index is -4.65. The third kappa shape index (κ3) is 13.2. The maximum Gasteiger partial charge on any atom is 2.00 e. The molecule has 403 valence electrons. The van der Waals surface area contributed by atoms with Crippen molar-refractivity contribution in [2.45, 2.75) is 123 Å². The molecular weight excluding hydrogens is 1030 g/mol. The van der Waals surface area contributed by atoms with Crippen molar-refractivity contribution in [1.29, 1.82) is 0 Å². The van der Waals surface area contributed by atoms with E-state index in [0.29, 0.717) is 78.7 Å². The number of nitrogens with zero attached hydrogens (tertiary/aromatic N) is 4. The number of carbonyl (C=O) groups excluding carboxylic acids is 4. The summed E-state index contributed by atoms with van der Waals surface area (Å²) in [6.45, 7) is 25.5. The second-order valence-electron chi connectivity index (χ2n) is 18.3. The third-order valence-corrected chi connectivity index (χ3v) is 12.4. The number of hydrogen-bond acceptors (Lipinski definition) is 10. The van der Waals surface area contributed by atoms with Crippen LogP contribution in [0.3, 0.4) is 0 Å². The fraction of sp³-hybridized carbons (Fsp3) is 0.393. The summed E-state index contributed by atoms with van der Waals surface area (Å²) in [5.41, 5.74) is 14.4. The molecular formula is C56H60CoF6N4O8. The van der Waals surface area contributed by atoms with Gasteiger partial charge >= 0.3 is 53.0 Å². The Morgan fingerprint density at radius 3 is 1.03 bits per heavy atom. The zero-order chi connectivity index (χ0) is 55.6. The van der Waals surface area contributed by atoms with Crippen molar-refractivity contribution < 1.29 is 81.2 Å². The normalized spacial score (nSPS) is 15.0. The van der Waals surface area contributed by atoms with Crippen molar-refractivity contribution in [1.82, 2.24) is 9.97 Å². The van der Waals surface area contributed by atoms with Crippen LogP contribution in [-0.2, 0) is 45.3 Å². The van der Waals surface area contributed by atoms with Gasteiger partial charge in [-0.05, 0) is 153 Å². The first kappa shape index (κ1) is 60.8. The van der Waals surface area contributed by atoms with Gasteiger partial charge in [0, 0.05) is 11.1 Å². The largest absolute Gasteiger partial charge is 2.00 e. The Balaban J connectivity index is 0.000000320. The number of esters is 4. The molecule has 4 aromatic rings. The van der Waals surface area contributed by atoms with Crippen LogP contribution in [0.2, 0.25) is 0 Å². The molecule has 0 unspecified atom stereocenters. The Morgan fingerprint density at radius 1 is 0.467 bits per heavy atom. The van der Waals surface area contributed by atoms with Crippen LogP contribution >= 0.6 is 0 Å². The van der Waals surface area contributed by atoms with Crippen LogP contribution in [0.1, 0.15) is 141 Å². The molecule has 2 aliphatic rings. The van der Waals surface area contributed by atoms with Gasteiger partial charge in [0.1, 0.15) is 0 Å². The molecule has 75 heavy (non-hydrogen) atoms. The van der Waals surface area contributed by atoms with Gasteiger partial charge in [0.15, 0.2) is 13.2 Å². The SMILES string of the molecule is CCOC(=O)c1c(C)[n-]c(/C(=C2\N=C(C)C(C(=O)OCC(F)(F)F)=C2C)c2c(C)cc(C)cc2C)c1C.CCOC(=O)c1c(C)[n-]c(/C(=C2\N=C(C)C(C(=O)OCC(F)(F)F)=C2C)c2c(C)cc(C)cc2C)c1C.[Co+2]. The van der Waals surface area contributed by atoms with E-state index in [9.17, 15) is 45.5 Å². The molecule has 0 amide bonds. The fourth-order valence-corrected chi connectivity index (χ4v) is 9.66. The molecule has 0 atom stereocenters. The second-order valence-corrected chi connectivity index (χ2v) is 18.3. The monoisotopic (exact) mass is 1090 g/mol. The van der Waals surface area contributed by atoms with Crippen molar-refractivity contribution in [2.75, 3.05) is 26.4 Å². The Labute approximate surface area is 443 Å². The Kier molecular flexibility index (Phi) is 19.3. The smallest absolute Gasteiger partial charge is 0.660 e. The predicted molar refractivity (Wildman–Crippen MR) is 269 cm³/mol. The van der Waals surface area contributed by atoms with Crippen LogP contribution in [0.5, 0.6) is 0 Å². The third-order valence-electron chi connectivity index (χ3n) is 12.4. The first-order valence-electron chi connectivity index (χ1n) is 23.6. The van der Waals surface area contributed by atoms with E-state index in [0.717, 1.165) is 44.5 Å². The number of hydrogen-bond donors (Lipinski definition) is 0. The van der Waals surface area contributed by atoms with E-state index in [2.05, 4.69) is 19.5 Å². The summed E-state index contributed by atoms with van der Waals surface area (Å²) in [5, 5.41) is 0. The zero-order valence-corrected chi connectivity index (χ0v) is 45.8. The summed E-state index contributed by atoms with van der Waals surface area (Å²) >= 11 is 0. The van der Waals surface area contributed by atoms with Crippen molar-refractivity contribution >= 4 is 46.4 Å². The zero-order valence-electron chi connectivity index (χ0n) is 44.8. The van der Waals surface area contributed by atoms with Crippen molar-refractivity contribution in [2.24, 2.45) is 9.98 Å². The summed E-state index contributed by atoms with van der Waals surface area (Å²) in [6.07, 6.45) is -9.30. The van der Waals surface area contributed by atoms with Crippen LogP contribution in [0, 0.1) is 69.2 Å². The van der Waals surface area contributed by atoms with Gasteiger partial charge in [0.05, 0.1) is 47.2 Å². The van der Waals surface area contributed by atoms with Crippen molar-refractivity contribution in [3.63, 3.8) is 0 Å². The van der Waals surface area contributed by atoms with Gasteiger partial charge in [0.2, 0.25) is 0 Å². The number of aliphatic imine (C=N–C) groups is 2. The van der Waals surface area contributed by atoms with Gasteiger partial charge in [-0.2, -0.15) is 26.3 Å². The van der Waals surface area contributed by atoms with Crippen LogP contribution < -0.4 is 9.97 Å². The molecule has 0 spiro atoms. The molecule has 1 radical (unpaired) electrons. The van der Waals surface area contributed by atoms with E-state index < -0.39 is 49.4 Å². The maximum absolute atomic E-state index is 12.7. The minimum Gasteiger partial charge on any atom is -0.660 e. The molecule has 0 N–H and O–H groups in total. The molecule has 0 saturated carbocycles. The van der Waals surface area contributed by atoms with E-state index in [-0.39, 0.29) is 52.6 Å². The first-order valence-corrected chi connectivity index (χ1v) is 23.6. The summed E-state index contributed by atoms with van der Waals surface area (Å²) in [5.74, 6) is -3.18. The van der Waals surface area contributed by atoms with Crippen LogP contribution in [0.15, 0.2) is 67.9 Å². The van der Waals surface area contributed by atoms with Gasteiger partial charge in [-0.25, -0.2) is 19.2 Å². The molecule has 2 aromatic carbocycles. The number of aromatic nitrogens is 2. The molecule has 2 aromatic heterocycles. The summed E-state index contributed by atoms with van der Waals surface area (Å²) in [4.78, 5) is 69.4. The summed E-state index contributed by atoms with van der Waals surface area (Å²) in [7, 11) is 0. The molecule has 19 heteroatoms. The number of benzene rings is 2. The number of aryl methyl sites for hydroxylation is 8. The standard InChI is InChI=1S/2C28H31F3N2O4.Co/c2*1-9-36-26(34)21-16(5)24(32-18(21)7)23(20-14(3)10-13(2)11-15(20)4)25-17(6)22(19(8)33-25)27(35)37-12-28(29,30)31;/h2*10-11H,9,12H2,1-8H3,(H,32,33,34,35);/q;;+2/p-2. The van der Waals surface area contributed by atoms with Gasteiger partial charge in [-0.1, -0.05) is 60.4 Å². The fourth-order valence-electron chi connectivity index (χ4n) is 9.66. The van der Waals surface area contributed by atoms with E-state index in [1.54, 1.807) is 69.2 Å². The van der Waals surface area contributed by atoms with Crippen LogP contribution in [0.25, 0.3) is 11.1 Å². The van der Waals surface area contributed by atoms with E-state index in [4.69, 9.17) is 19.4 Å². The molecule has 4 heterocycles. The quantitative estimate of drug-likeness (QED) is 0.0759. The number of rotatable bonds is 12. The van der Waals surface area contributed by atoms with Crippen LogP contribution in [0.4, 0.5) is 26.3 Å². The van der Waals surface area contributed by atoms with E-state index in [1.807, 2.05) is 65.8 Å². The number of allylic oxidation sites excluding steroid dienone is 2. The van der Waals surface area contributed by atoms with Crippen molar-refractivity contribution in [3.05, 3.63) is 147 Å². The molecule has 0 saturated heterocycles. The van der Waals surface area contributed by atoms with Crippen LogP contribution in [-0.4, -0.2) is 74.1 Å². The van der Waals surface area contributed by atoms with E-state index in [1.165, 1.54) is 0 Å². The van der Waals surface area contributed by atoms with Gasteiger partial charge in [0.25, 0.3) is 0 Å². The van der Waals surface area contributed by atoms with Gasteiger partial charge < -0.3 is 28.9 Å². The first-order chi connectivity index (χ1) is 34.3. The number of ether oxygens (including phenoxy) is 4. The van der Waals surface area contributed by atoms with E-state index >= 15 is 0 Å². The number of carbonyl (C=O) groups is 4. The van der Waals surface area contributed by atoms with Gasteiger partial charge in [-0.15, -0.1) is 22.8 Å². The topological polar surface area (TPSA) is 158 Å². The molecule has 0 aliphatic carbocycles. The molecule has 0 bridgehead atoms. The average Bonchev–Trinajstić information content (AvgIpc) is 3.95. The maximum atomic E-state index is 12.7. The predicted octanol–water partition coefficient (Wildman–Crippen LogP) is 12.0. The second kappa shape index (κ2) is 23.9. The molecule has 2 aliphatic heterocycles. The molecule has 12 nitrogen and oxygen atoms in total. The Bertz CT molecular complexity index is 2920. The number of halogens is 6. The summed E-state index contributed by atoms with van der Waals surface area (Å²) in [6, 6.07) is 8.01. The molecule has 6 rings (SSSR count). The Morgan fingerprint density at radius 2 is 0.760 bits per heavy atom.